The van der Waals surface area contributed by atoms with Crippen molar-refractivity contribution in [1.82, 2.24) is 5.32 Å². The van der Waals surface area contributed by atoms with Gasteiger partial charge in [0.05, 0.1) is 5.56 Å². The third-order valence-corrected chi connectivity index (χ3v) is 3.07. The summed E-state index contributed by atoms with van der Waals surface area (Å²) in [5.74, 6) is 6.76. The number of nitrogens with one attached hydrogen (secondary N) is 1. The predicted octanol–water partition coefficient (Wildman–Crippen LogP) is 3.10. The summed E-state index contributed by atoms with van der Waals surface area (Å²) in [6.45, 7) is 1.30. The molecule has 0 spiro atoms. The molecule has 0 radical (unpaired) electrons. The maximum absolute atomic E-state index is 9.18. The number of benzene rings is 2. The second kappa shape index (κ2) is 8.52. The van der Waals surface area contributed by atoms with E-state index in [0.29, 0.717) is 17.9 Å². The summed E-state index contributed by atoms with van der Waals surface area (Å²) in [4.78, 5) is 0. The zero-order chi connectivity index (χ0) is 15.6. The van der Waals surface area contributed by atoms with Gasteiger partial charge in [0.15, 0.2) is 0 Å². The van der Waals surface area contributed by atoms with Crippen LogP contribution in [0.15, 0.2) is 48.5 Å². The van der Waals surface area contributed by atoms with Gasteiger partial charge < -0.3 is 10.1 Å². The molecular formula is C19H18N2O. The lowest BCUT2D eigenvalue weighted by molar-refractivity contribution is 0.305. The minimum Gasteiger partial charge on any atom is -0.487 e. The van der Waals surface area contributed by atoms with Crippen LogP contribution in [-0.2, 0) is 6.61 Å². The van der Waals surface area contributed by atoms with E-state index in [-0.39, 0.29) is 0 Å². The molecule has 110 valence electrons. The van der Waals surface area contributed by atoms with Gasteiger partial charge in [-0.1, -0.05) is 42.2 Å². The number of nitriles is 1. The summed E-state index contributed by atoms with van der Waals surface area (Å²) in [5.41, 5.74) is 2.45. The lowest BCUT2D eigenvalue weighted by atomic mass is 10.1. The van der Waals surface area contributed by atoms with Crippen LogP contribution in [0.5, 0.6) is 5.75 Å². The van der Waals surface area contributed by atoms with Gasteiger partial charge in [0.2, 0.25) is 0 Å². The summed E-state index contributed by atoms with van der Waals surface area (Å²) in [7, 11) is 1.90. The van der Waals surface area contributed by atoms with E-state index in [2.05, 4.69) is 23.2 Å². The van der Waals surface area contributed by atoms with Gasteiger partial charge in [0, 0.05) is 18.5 Å². The van der Waals surface area contributed by atoms with E-state index in [9.17, 15) is 5.26 Å². The normalized spacial score (nSPS) is 9.45. The van der Waals surface area contributed by atoms with Crippen LogP contribution >= 0.6 is 0 Å². The van der Waals surface area contributed by atoms with Gasteiger partial charge in [-0.25, -0.2) is 0 Å². The molecule has 0 atom stereocenters. The second-order valence-electron chi connectivity index (χ2n) is 4.75. The molecule has 22 heavy (non-hydrogen) atoms. The molecule has 2 aromatic rings. The zero-order valence-electron chi connectivity index (χ0n) is 12.6. The Hall–Kier alpha value is -2.75. The number of ether oxygens (including phenoxy) is 1. The SMILES string of the molecule is CNCCC#Cc1ccc(C#N)c(OCc2ccccc2)c1. The molecular weight excluding hydrogens is 272 g/mol. The summed E-state index contributed by atoms with van der Waals surface area (Å²) in [5, 5.41) is 12.2. The molecule has 0 aliphatic rings. The summed E-state index contributed by atoms with van der Waals surface area (Å²) >= 11 is 0. The van der Waals surface area contributed by atoms with Crippen molar-refractivity contribution >= 4 is 0 Å². The molecule has 0 heterocycles. The van der Waals surface area contributed by atoms with Crippen molar-refractivity contribution in [1.29, 1.82) is 5.26 Å². The van der Waals surface area contributed by atoms with Crippen LogP contribution in [0.2, 0.25) is 0 Å². The molecule has 2 aromatic carbocycles. The first-order valence-electron chi connectivity index (χ1n) is 7.18. The highest BCUT2D eigenvalue weighted by atomic mass is 16.5. The van der Waals surface area contributed by atoms with Gasteiger partial charge >= 0.3 is 0 Å². The molecule has 0 aliphatic heterocycles. The molecule has 1 N–H and O–H groups in total. The fourth-order valence-electron chi connectivity index (χ4n) is 1.90. The highest BCUT2D eigenvalue weighted by Gasteiger charge is 2.04. The number of rotatable bonds is 5. The fraction of sp³-hybridized carbons (Fsp3) is 0.211. The van der Waals surface area contributed by atoms with Gasteiger partial charge in [-0.15, -0.1) is 0 Å². The molecule has 0 aliphatic carbocycles. The zero-order valence-corrected chi connectivity index (χ0v) is 12.6. The Morgan fingerprint density at radius 3 is 2.68 bits per heavy atom. The van der Waals surface area contributed by atoms with Gasteiger partial charge in [0.25, 0.3) is 0 Å². The quantitative estimate of drug-likeness (QED) is 0.680. The van der Waals surface area contributed by atoms with E-state index in [1.807, 2.05) is 49.5 Å². The molecule has 0 fully saturated rings. The first-order chi connectivity index (χ1) is 10.8. The molecule has 3 heteroatoms. The first-order valence-corrected chi connectivity index (χ1v) is 7.18. The molecule has 0 bridgehead atoms. The highest BCUT2D eigenvalue weighted by Crippen LogP contribution is 2.20. The van der Waals surface area contributed by atoms with E-state index in [1.165, 1.54) is 0 Å². The Morgan fingerprint density at radius 2 is 1.95 bits per heavy atom. The average molecular weight is 290 g/mol. The molecule has 0 unspecified atom stereocenters. The Kier molecular flexibility index (Phi) is 6.05. The maximum atomic E-state index is 9.18. The smallest absolute Gasteiger partial charge is 0.138 e. The lowest BCUT2D eigenvalue weighted by Crippen LogP contribution is -2.05. The topological polar surface area (TPSA) is 45.0 Å². The van der Waals surface area contributed by atoms with Crippen molar-refractivity contribution in [2.75, 3.05) is 13.6 Å². The molecule has 0 saturated carbocycles. The van der Waals surface area contributed by atoms with E-state index in [4.69, 9.17) is 4.74 Å². The van der Waals surface area contributed by atoms with Gasteiger partial charge in [-0.05, 0) is 30.8 Å². The van der Waals surface area contributed by atoms with Crippen molar-refractivity contribution in [3.05, 3.63) is 65.2 Å². The number of hydrogen-bond acceptors (Lipinski definition) is 3. The van der Waals surface area contributed by atoms with Crippen LogP contribution in [0, 0.1) is 23.2 Å². The Bertz CT molecular complexity index is 706. The molecule has 0 saturated heterocycles. The summed E-state index contributed by atoms with van der Waals surface area (Å²) < 4.78 is 5.78. The average Bonchev–Trinajstić information content (AvgIpc) is 2.58. The Morgan fingerprint density at radius 1 is 1.14 bits per heavy atom. The van der Waals surface area contributed by atoms with E-state index >= 15 is 0 Å². The minimum atomic E-state index is 0.437. The van der Waals surface area contributed by atoms with Gasteiger partial charge in [-0.3, -0.25) is 0 Å². The molecule has 0 aromatic heterocycles. The largest absolute Gasteiger partial charge is 0.487 e. The third kappa shape index (κ3) is 4.66. The maximum Gasteiger partial charge on any atom is 0.138 e. The van der Waals surface area contributed by atoms with E-state index < -0.39 is 0 Å². The second-order valence-corrected chi connectivity index (χ2v) is 4.75. The van der Waals surface area contributed by atoms with Crippen molar-refractivity contribution in [2.45, 2.75) is 13.0 Å². The first kappa shape index (κ1) is 15.6. The van der Waals surface area contributed by atoms with Crippen LogP contribution in [0.1, 0.15) is 23.1 Å². The van der Waals surface area contributed by atoms with Crippen LogP contribution in [0.25, 0.3) is 0 Å². The van der Waals surface area contributed by atoms with Crippen LogP contribution in [0.4, 0.5) is 0 Å². The van der Waals surface area contributed by atoms with E-state index in [0.717, 1.165) is 24.1 Å². The van der Waals surface area contributed by atoms with E-state index in [1.54, 1.807) is 6.07 Å². The monoisotopic (exact) mass is 290 g/mol. The van der Waals surface area contributed by atoms with Gasteiger partial charge in [-0.2, -0.15) is 5.26 Å². The third-order valence-electron chi connectivity index (χ3n) is 3.07. The van der Waals surface area contributed by atoms with Crippen LogP contribution in [-0.4, -0.2) is 13.6 Å². The van der Waals surface area contributed by atoms with Crippen molar-refractivity contribution < 1.29 is 4.74 Å². The predicted molar refractivity (Wildman–Crippen MR) is 87.4 cm³/mol. The standard InChI is InChI=1S/C19H18N2O/c1-21-12-6-5-7-16-10-11-18(14-20)19(13-16)22-15-17-8-3-2-4-9-17/h2-4,8-11,13,21H,6,12,15H2,1H3. The van der Waals surface area contributed by atoms with Crippen LogP contribution < -0.4 is 10.1 Å². The van der Waals surface area contributed by atoms with Crippen LogP contribution in [0.3, 0.4) is 0 Å². The lowest BCUT2D eigenvalue weighted by Gasteiger charge is -2.08. The van der Waals surface area contributed by atoms with Crippen molar-refractivity contribution in [3.8, 4) is 23.7 Å². The highest BCUT2D eigenvalue weighted by molar-refractivity contribution is 5.49. The number of hydrogen-bond donors (Lipinski definition) is 1. The summed E-state index contributed by atoms with van der Waals surface area (Å²) in [6.07, 6.45) is 0.788. The number of nitrogens with zero attached hydrogens (tertiary/aromatic N) is 1. The van der Waals surface area contributed by atoms with Crippen molar-refractivity contribution in [3.63, 3.8) is 0 Å². The van der Waals surface area contributed by atoms with Crippen molar-refractivity contribution in [2.24, 2.45) is 0 Å². The molecule has 2 rings (SSSR count). The summed E-state index contributed by atoms with van der Waals surface area (Å²) in [6, 6.07) is 17.5. The molecule has 3 nitrogen and oxygen atoms in total. The fourth-order valence-corrected chi connectivity index (χ4v) is 1.90. The Labute approximate surface area is 131 Å². The molecule has 0 amide bonds. The minimum absolute atomic E-state index is 0.437. The Balaban J connectivity index is 2.10. The van der Waals surface area contributed by atoms with Gasteiger partial charge in [0.1, 0.15) is 18.4 Å².